The second-order valence-electron chi connectivity index (χ2n) is 5.34. The number of benzene rings is 1. The Kier molecular flexibility index (Phi) is 4.20. The highest BCUT2D eigenvalue weighted by atomic mass is 32.1. The lowest BCUT2D eigenvalue weighted by molar-refractivity contribution is -0.144. The van der Waals surface area contributed by atoms with Gasteiger partial charge in [-0.15, -0.1) is 11.3 Å². The number of esters is 1. The zero-order valence-electron chi connectivity index (χ0n) is 12.1. The first kappa shape index (κ1) is 14.7. The third-order valence-electron chi connectivity index (χ3n) is 3.52. The molecule has 6 heteroatoms. The first-order valence-corrected chi connectivity index (χ1v) is 8.01. The molecule has 2 aromatic rings. The number of nitrogens with one attached hydrogen (secondary N) is 1. The summed E-state index contributed by atoms with van der Waals surface area (Å²) in [6.07, 6.45) is 0.637. The van der Waals surface area contributed by atoms with Gasteiger partial charge in [0.05, 0.1) is 17.7 Å². The smallest absolute Gasteiger partial charge is 0.309 e. The number of anilines is 1. The van der Waals surface area contributed by atoms with Gasteiger partial charge in [-0.2, -0.15) is 0 Å². The Labute approximate surface area is 132 Å². The van der Waals surface area contributed by atoms with Crippen LogP contribution in [0.3, 0.4) is 0 Å². The number of ether oxygens (including phenoxy) is 1. The van der Waals surface area contributed by atoms with Gasteiger partial charge in [0.25, 0.3) is 0 Å². The Bertz CT molecular complexity index is 684. The average Bonchev–Trinajstić information content (AvgIpc) is 3.07. The Hall–Kier alpha value is -2.21. The van der Waals surface area contributed by atoms with Crippen molar-refractivity contribution in [2.45, 2.75) is 25.9 Å². The number of rotatable bonds is 4. The summed E-state index contributed by atoms with van der Waals surface area (Å²) in [5, 5.41) is 5.20. The molecular weight excluding hydrogens is 300 g/mol. The van der Waals surface area contributed by atoms with Gasteiger partial charge in [0, 0.05) is 17.4 Å². The number of carbonyl (C=O) groups excluding carboxylic acids is 2. The van der Waals surface area contributed by atoms with Gasteiger partial charge >= 0.3 is 5.97 Å². The van der Waals surface area contributed by atoms with Crippen molar-refractivity contribution in [2.24, 2.45) is 5.92 Å². The number of thiazole rings is 1. The molecule has 2 heterocycles. The van der Waals surface area contributed by atoms with Gasteiger partial charge in [-0.25, -0.2) is 4.98 Å². The quantitative estimate of drug-likeness (QED) is 0.880. The molecule has 0 spiro atoms. The van der Waals surface area contributed by atoms with Crippen molar-refractivity contribution in [1.29, 1.82) is 0 Å². The Morgan fingerprint density at radius 2 is 2.18 bits per heavy atom. The number of hydrogen-bond acceptors (Lipinski definition) is 5. The van der Waals surface area contributed by atoms with Crippen LogP contribution in [0, 0.1) is 5.92 Å². The predicted octanol–water partition coefficient (Wildman–Crippen LogP) is 3.09. The molecule has 1 aliphatic heterocycles. The molecule has 1 saturated heterocycles. The molecule has 0 bridgehead atoms. The second kappa shape index (κ2) is 6.27. The van der Waals surface area contributed by atoms with Crippen molar-refractivity contribution in [1.82, 2.24) is 4.98 Å². The van der Waals surface area contributed by atoms with Gasteiger partial charge in [-0.05, 0) is 13.3 Å². The van der Waals surface area contributed by atoms with Crippen LogP contribution in [0.5, 0.6) is 0 Å². The fourth-order valence-electron chi connectivity index (χ4n) is 2.47. The fraction of sp³-hybridized carbons (Fsp3) is 0.312. The van der Waals surface area contributed by atoms with Gasteiger partial charge in [-0.3, -0.25) is 9.59 Å². The lowest BCUT2D eigenvalue weighted by atomic mass is 10.0. The number of aromatic nitrogens is 1. The van der Waals surface area contributed by atoms with E-state index in [0.29, 0.717) is 11.6 Å². The van der Waals surface area contributed by atoms with Gasteiger partial charge in [-0.1, -0.05) is 30.3 Å². The van der Waals surface area contributed by atoms with Gasteiger partial charge in [0.2, 0.25) is 5.91 Å². The van der Waals surface area contributed by atoms with Crippen molar-refractivity contribution < 1.29 is 14.3 Å². The van der Waals surface area contributed by atoms with Crippen molar-refractivity contribution >= 4 is 28.3 Å². The van der Waals surface area contributed by atoms with Crippen molar-refractivity contribution in [3.63, 3.8) is 0 Å². The molecule has 114 valence electrons. The third-order valence-corrected chi connectivity index (χ3v) is 4.28. The lowest BCUT2D eigenvalue weighted by Crippen LogP contribution is -2.19. The van der Waals surface area contributed by atoms with Gasteiger partial charge in [0.1, 0.15) is 0 Å². The molecule has 3 rings (SSSR count). The summed E-state index contributed by atoms with van der Waals surface area (Å²) >= 11 is 1.37. The van der Waals surface area contributed by atoms with E-state index in [4.69, 9.17) is 4.74 Å². The number of cyclic esters (lactones) is 1. The molecule has 0 radical (unpaired) electrons. The SMILES string of the molecule is C[C@H]1C[C@@H](CC(=O)Nc2nc(-c3ccccc3)cs2)C(=O)O1. The summed E-state index contributed by atoms with van der Waals surface area (Å²) in [5.74, 6) is -0.833. The van der Waals surface area contributed by atoms with Gasteiger partial charge < -0.3 is 10.1 Å². The maximum atomic E-state index is 12.0. The summed E-state index contributed by atoms with van der Waals surface area (Å²) in [6, 6.07) is 9.77. The molecular formula is C16H16N2O3S. The van der Waals surface area contributed by atoms with E-state index in [-0.39, 0.29) is 30.3 Å². The minimum absolute atomic E-state index is 0.102. The molecule has 1 fully saturated rings. The van der Waals surface area contributed by atoms with Crippen LogP contribution in [-0.2, 0) is 14.3 Å². The molecule has 0 aliphatic carbocycles. The van der Waals surface area contributed by atoms with E-state index >= 15 is 0 Å². The molecule has 22 heavy (non-hydrogen) atoms. The molecule has 0 unspecified atom stereocenters. The highest BCUT2D eigenvalue weighted by molar-refractivity contribution is 7.14. The van der Waals surface area contributed by atoms with Crippen LogP contribution >= 0.6 is 11.3 Å². The van der Waals surface area contributed by atoms with E-state index in [2.05, 4.69) is 10.3 Å². The molecule has 1 amide bonds. The molecule has 2 atom stereocenters. The van der Waals surface area contributed by atoms with Crippen LogP contribution in [-0.4, -0.2) is 23.0 Å². The van der Waals surface area contributed by atoms with Crippen LogP contribution in [0.25, 0.3) is 11.3 Å². The normalized spacial score (nSPS) is 20.7. The minimum Gasteiger partial charge on any atom is -0.462 e. The molecule has 5 nitrogen and oxygen atoms in total. The minimum atomic E-state index is -0.344. The van der Waals surface area contributed by atoms with E-state index in [9.17, 15) is 9.59 Å². The van der Waals surface area contributed by atoms with E-state index in [1.807, 2.05) is 42.6 Å². The fourth-order valence-corrected chi connectivity index (χ4v) is 3.21. The van der Waals surface area contributed by atoms with Crippen molar-refractivity contribution in [3.8, 4) is 11.3 Å². The highest BCUT2D eigenvalue weighted by Gasteiger charge is 2.33. The second-order valence-corrected chi connectivity index (χ2v) is 6.19. The number of carbonyl (C=O) groups is 2. The summed E-state index contributed by atoms with van der Waals surface area (Å²) < 4.78 is 5.05. The molecule has 0 saturated carbocycles. The molecule has 1 aliphatic rings. The standard InChI is InChI=1S/C16H16N2O3S/c1-10-7-12(15(20)21-10)8-14(19)18-16-17-13(9-22-16)11-5-3-2-4-6-11/h2-6,9-10,12H,7-8H2,1H3,(H,17,18,19)/t10-,12-/m0/s1. The maximum Gasteiger partial charge on any atom is 0.309 e. The number of hydrogen-bond donors (Lipinski definition) is 1. The Morgan fingerprint density at radius 1 is 1.41 bits per heavy atom. The Morgan fingerprint density at radius 3 is 2.86 bits per heavy atom. The molecule has 1 aromatic carbocycles. The first-order chi connectivity index (χ1) is 10.6. The van der Waals surface area contributed by atoms with E-state index in [0.717, 1.165) is 11.3 Å². The van der Waals surface area contributed by atoms with Crippen molar-refractivity contribution in [2.75, 3.05) is 5.32 Å². The first-order valence-electron chi connectivity index (χ1n) is 7.13. The van der Waals surface area contributed by atoms with Gasteiger partial charge in [0.15, 0.2) is 5.13 Å². The summed E-state index contributed by atoms with van der Waals surface area (Å²) in [5.41, 5.74) is 1.84. The maximum absolute atomic E-state index is 12.0. The zero-order valence-corrected chi connectivity index (χ0v) is 12.9. The number of nitrogens with zero attached hydrogens (tertiary/aromatic N) is 1. The van der Waals surface area contributed by atoms with E-state index in [1.165, 1.54) is 11.3 Å². The topological polar surface area (TPSA) is 68.3 Å². The van der Waals surface area contributed by atoms with Crippen LogP contribution in [0.15, 0.2) is 35.7 Å². The van der Waals surface area contributed by atoms with Crippen LogP contribution in [0.4, 0.5) is 5.13 Å². The van der Waals surface area contributed by atoms with Crippen molar-refractivity contribution in [3.05, 3.63) is 35.7 Å². The van der Waals surface area contributed by atoms with Crippen LogP contribution in [0.2, 0.25) is 0 Å². The third kappa shape index (κ3) is 3.33. The molecule has 1 N–H and O–H groups in total. The summed E-state index contributed by atoms with van der Waals surface area (Å²) in [7, 11) is 0. The average molecular weight is 316 g/mol. The predicted molar refractivity (Wildman–Crippen MR) is 84.5 cm³/mol. The van der Waals surface area contributed by atoms with Crippen LogP contribution in [0.1, 0.15) is 19.8 Å². The highest BCUT2D eigenvalue weighted by Crippen LogP contribution is 2.27. The number of amides is 1. The monoisotopic (exact) mass is 316 g/mol. The van der Waals surface area contributed by atoms with E-state index in [1.54, 1.807) is 0 Å². The zero-order chi connectivity index (χ0) is 15.5. The van der Waals surface area contributed by atoms with Crippen LogP contribution < -0.4 is 5.32 Å². The van der Waals surface area contributed by atoms with E-state index < -0.39 is 0 Å². The Balaban J connectivity index is 1.61. The lowest BCUT2D eigenvalue weighted by Gasteiger charge is -2.04. The molecule has 1 aromatic heterocycles. The summed E-state index contributed by atoms with van der Waals surface area (Å²) in [4.78, 5) is 28.0. The summed E-state index contributed by atoms with van der Waals surface area (Å²) in [6.45, 7) is 1.84. The largest absolute Gasteiger partial charge is 0.462 e.